The van der Waals surface area contributed by atoms with Crippen LogP contribution in [0.2, 0.25) is 0 Å². The van der Waals surface area contributed by atoms with Crippen LogP contribution in [0.15, 0.2) is 18.5 Å². The zero-order valence-corrected chi connectivity index (χ0v) is 7.07. The highest BCUT2D eigenvalue weighted by atomic mass is 15.3. The summed E-state index contributed by atoms with van der Waals surface area (Å²) < 4.78 is 1.80. The fourth-order valence-electron chi connectivity index (χ4n) is 1.27. The molecular weight excluding hydrogens is 152 g/mol. The van der Waals surface area contributed by atoms with E-state index < -0.39 is 0 Å². The Kier molecular flexibility index (Phi) is 1.46. The third kappa shape index (κ3) is 1.01. The maximum Gasteiger partial charge on any atom is 0.0687 e. The summed E-state index contributed by atoms with van der Waals surface area (Å²) in [4.78, 5) is 0. The smallest absolute Gasteiger partial charge is 0.0687 e. The number of H-pyrrole nitrogens is 1. The first-order chi connectivity index (χ1) is 5.77. The van der Waals surface area contributed by atoms with E-state index in [0.29, 0.717) is 0 Å². The molecule has 62 valence electrons. The number of aromatic nitrogens is 4. The van der Waals surface area contributed by atoms with Gasteiger partial charge in [-0.25, -0.2) is 0 Å². The molecule has 0 atom stereocenters. The van der Waals surface area contributed by atoms with Crippen LogP contribution in [-0.4, -0.2) is 20.0 Å². The summed E-state index contributed by atoms with van der Waals surface area (Å²) >= 11 is 0. The number of aryl methyl sites for hydroxylation is 2. The molecule has 12 heavy (non-hydrogen) atoms. The maximum absolute atomic E-state index is 4.24. The first-order valence-corrected chi connectivity index (χ1v) is 3.77. The van der Waals surface area contributed by atoms with E-state index in [-0.39, 0.29) is 0 Å². The number of nitrogens with one attached hydrogen (secondary N) is 1. The highest BCUT2D eigenvalue weighted by Gasteiger charge is 2.05. The molecule has 2 rings (SSSR count). The van der Waals surface area contributed by atoms with Gasteiger partial charge in [-0.3, -0.25) is 9.78 Å². The lowest BCUT2D eigenvalue weighted by Crippen LogP contribution is -1.86. The van der Waals surface area contributed by atoms with Gasteiger partial charge in [-0.1, -0.05) is 0 Å². The second-order valence-electron chi connectivity index (χ2n) is 2.77. The molecule has 0 spiro atoms. The van der Waals surface area contributed by atoms with Crippen LogP contribution in [0.4, 0.5) is 0 Å². The number of hydrogen-bond donors (Lipinski definition) is 1. The van der Waals surface area contributed by atoms with Gasteiger partial charge in [0.2, 0.25) is 0 Å². The fourth-order valence-corrected chi connectivity index (χ4v) is 1.27. The summed E-state index contributed by atoms with van der Waals surface area (Å²) in [6.45, 7) is 1.98. The van der Waals surface area contributed by atoms with Gasteiger partial charge in [0.15, 0.2) is 0 Å². The molecular formula is C8H10N4. The van der Waals surface area contributed by atoms with Gasteiger partial charge < -0.3 is 0 Å². The Morgan fingerprint density at radius 1 is 1.50 bits per heavy atom. The largest absolute Gasteiger partial charge is 0.278 e. The molecule has 0 saturated heterocycles. The molecule has 2 aromatic heterocycles. The van der Waals surface area contributed by atoms with Crippen LogP contribution >= 0.6 is 0 Å². The molecule has 2 aromatic rings. The van der Waals surface area contributed by atoms with Crippen molar-refractivity contribution in [3.63, 3.8) is 0 Å². The van der Waals surface area contributed by atoms with E-state index in [2.05, 4.69) is 15.3 Å². The standard InChI is InChI=1S/C8H10N4/c1-6-7(5-12(2)11-6)8-3-4-9-10-8/h3-5H,1-2H3,(H,9,10). The Morgan fingerprint density at radius 3 is 2.83 bits per heavy atom. The van der Waals surface area contributed by atoms with Gasteiger partial charge in [-0.05, 0) is 13.0 Å². The van der Waals surface area contributed by atoms with Gasteiger partial charge in [0.25, 0.3) is 0 Å². The average molecular weight is 162 g/mol. The summed E-state index contributed by atoms with van der Waals surface area (Å²) in [6.07, 6.45) is 3.71. The Bertz CT molecular complexity index is 372. The van der Waals surface area contributed by atoms with Crippen molar-refractivity contribution in [2.45, 2.75) is 6.92 Å². The molecule has 0 radical (unpaired) electrons. The minimum Gasteiger partial charge on any atom is -0.278 e. The monoisotopic (exact) mass is 162 g/mol. The van der Waals surface area contributed by atoms with E-state index in [0.717, 1.165) is 17.0 Å². The maximum atomic E-state index is 4.24. The molecule has 0 unspecified atom stereocenters. The predicted octanol–water partition coefficient (Wildman–Crippen LogP) is 1.12. The van der Waals surface area contributed by atoms with Crippen molar-refractivity contribution < 1.29 is 0 Å². The van der Waals surface area contributed by atoms with Crippen molar-refractivity contribution in [3.05, 3.63) is 24.2 Å². The molecule has 0 amide bonds. The van der Waals surface area contributed by atoms with Crippen LogP contribution in [0.3, 0.4) is 0 Å². The number of hydrogen-bond acceptors (Lipinski definition) is 2. The second-order valence-corrected chi connectivity index (χ2v) is 2.77. The predicted molar refractivity (Wildman–Crippen MR) is 45.5 cm³/mol. The van der Waals surface area contributed by atoms with Crippen LogP contribution in [0, 0.1) is 6.92 Å². The molecule has 0 aromatic carbocycles. The van der Waals surface area contributed by atoms with Crippen molar-refractivity contribution in [2.24, 2.45) is 7.05 Å². The van der Waals surface area contributed by atoms with Crippen LogP contribution in [-0.2, 0) is 7.05 Å². The van der Waals surface area contributed by atoms with Crippen LogP contribution in [0.5, 0.6) is 0 Å². The van der Waals surface area contributed by atoms with Crippen molar-refractivity contribution in [3.8, 4) is 11.3 Å². The Morgan fingerprint density at radius 2 is 2.33 bits per heavy atom. The number of rotatable bonds is 1. The summed E-state index contributed by atoms with van der Waals surface area (Å²) in [5, 5.41) is 11.0. The summed E-state index contributed by atoms with van der Waals surface area (Å²) in [7, 11) is 1.91. The zero-order chi connectivity index (χ0) is 8.55. The third-order valence-electron chi connectivity index (χ3n) is 1.80. The van der Waals surface area contributed by atoms with Crippen molar-refractivity contribution >= 4 is 0 Å². The zero-order valence-electron chi connectivity index (χ0n) is 7.07. The van der Waals surface area contributed by atoms with Gasteiger partial charge in [0, 0.05) is 25.0 Å². The quantitative estimate of drug-likeness (QED) is 0.683. The molecule has 0 aliphatic carbocycles. The normalized spacial score (nSPS) is 10.5. The SMILES string of the molecule is Cc1nn(C)cc1-c1ccn[nH]1. The lowest BCUT2D eigenvalue weighted by molar-refractivity contribution is 0.756. The van der Waals surface area contributed by atoms with Crippen molar-refractivity contribution in [2.75, 3.05) is 0 Å². The highest BCUT2D eigenvalue weighted by Crippen LogP contribution is 2.18. The van der Waals surface area contributed by atoms with Crippen LogP contribution in [0.1, 0.15) is 5.69 Å². The lowest BCUT2D eigenvalue weighted by atomic mass is 10.2. The van der Waals surface area contributed by atoms with Crippen LogP contribution in [0.25, 0.3) is 11.3 Å². The van der Waals surface area contributed by atoms with E-state index in [1.165, 1.54) is 0 Å². The summed E-state index contributed by atoms with van der Waals surface area (Å²) in [5.74, 6) is 0. The molecule has 0 fully saturated rings. The lowest BCUT2D eigenvalue weighted by Gasteiger charge is -1.89. The Labute approximate surface area is 70.2 Å². The van der Waals surface area contributed by atoms with Gasteiger partial charge in [0.1, 0.15) is 0 Å². The first kappa shape index (κ1) is 7.09. The fraction of sp³-hybridized carbons (Fsp3) is 0.250. The highest BCUT2D eigenvalue weighted by molar-refractivity contribution is 5.59. The van der Waals surface area contributed by atoms with Gasteiger partial charge >= 0.3 is 0 Å². The molecule has 0 aliphatic heterocycles. The second kappa shape index (κ2) is 2.48. The van der Waals surface area contributed by atoms with Crippen LogP contribution < -0.4 is 0 Å². The van der Waals surface area contributed by atoms with Gasteiger partial charge in [-0.2, -0.15) is 10.2 Å². The molecule has 4 nitrogen and oxygen atoms in total. The van der Waals surface area contributed by atoms with Crippen molar-refractivity contribution in [1.82, 2.24) is 20.0 Å². The molecule has 1 N–H and O–H groups in total. The average Bonchev–Trinajstić information content (AvgIpc) is 2.58. The van der Waals surface area contributed by atoms with E-state index in [4.69, 9.17) is 0 Å². The van der Waals surface area contributed by atoms with E-state index in [1.54, 1.807) is 10.9 Å². The van der Waals surface area contributed by atoms with E-state index in [9.17, 15) is 0 Å². The summed E-state index contributed by atoms with van der Waals surface area (Å²) in [6, 6.07) is 1.93. The minimum atomic E-state index is 1.01. The number of aromatic amines is 1. The van der Waals surface area contributed by atoms with Gasteiger partial charge in [-0.15, -0.1) is 0 Å². The third-order valence-corrected chi connectivity index (χ3v) is 1.80. The molecule has 0 aliphatic rings. The molecule has 2 heterocycles. The topological polar surface area (TPSA) is 46.5 Å². The van der Waals surface area contributed by atoms with E-state index >= 15 is 0 Å². The van der Waals surface area contributed by atoms with Gasteiger partial charge in [0.05, 0.1) is 11.4 Å². The Hall–Kier alpha value is -1.58. The summed E-state index contributed by atoms with van der Waals surface area (Å²) in [5.41, 5.74) is 3.14. The Balaban J connectivity index is 2.54. The number of nitrogens with zero attached hydrogens (tertiary/aromatic N) is 3. The molecule has 0 saturated carbocycles. The van der Waals surface area contributed by atoms with E-state index in [1.807, 2.05) is 26.2 Å². The minimum absolute atomic E-state index is 1.01. The molecule has 0 bridgehead atoms. The van der Waals surface area contributed by atoms with Crippen molar-refractivity contribution in [1.29, 1.82) is 0 Å². The first-order valence-electron chi connectivity index (χ1n) is 3.77. The molecule has 4 heteroatoms.